The Bertz CT molecular complexity index is 756. The largest absolute Gasteiger partial charge is 0.493 e. The van der Waals surface area contributed by atoms with Gasteiger partial charge in [-0.3, -0.25) is 9.59 Å². The van der Waals surface area contributed by atoms with E-state index in [0.717, 1.165) is 25.1 Å². The molecule has 1 saturated heterocycles. The molecule has 2 aromatic carbocycles. The average molecular weight is 338 g/mol. The van der Waals surface area contributed by atoms with E-state index in [1.54, 1.807) is 17.0 Å². The SMILES string of the molecule is CCOc1ccccc1C(=O)Nc1ccc(N2CCCCC2=O)cc1. The molecule has 1 heterocycles. The molecule has 1 N–H and O–H groups in total. The van der Waals surface area contributed by atoms with Crippen molar-refractivity contribution in [2.24, 2.45) is 0 Å². The van der Waals surface area contributed by atoms with Crippen molar-refractivity contribution < 1.29 is 14.3 Å². The smallest absolute Gasteiger partial charge is 0.259 e. The van der Waals surface area contributed by atoms with Crippen LogP contribution in [0.4, 0.5) is 11.4 Å². The molecule has 3 rings (SSSR count). The Kier molecular flexibility index (Phi) is 5.33. The second-order valence-electron chi connectivity index (χ2n) is 5.93. The van der Waals surface area contributed by atoms with Crippen LogP contribution in [-0.2, 0) is 4.79 Å². The molecular formula is C20H22N2O3. The Morgan fingerprint density at radius 3 is 2.60 bits per heavy atom. The highest BCUT2D eigenvalue weighted by Crippen LogP contribution is 2.24. The lowest BCUT2D eigenvalue weighted by molar-refractivity contribution is -0.119. The molecule has 0 atom stereocenters. The van der Waals surface area contributed by atoms with Crippen molar-refractivity contribution in [3.8, 4) is 5.75 Å². The van der Waals surface area contributed by atoms with Crippen molar-refractivity contribution in [2.75, 3.05) is 23.4 Å². The molecule has 0 spiro atoms. The van der Waals surface area contributed by atoms with Crippen LogP contribution < -0.4 is 15.0 Å². The first kappa shape index (κ1) is 17.0. The molecule has 5 heteroatoms. The van der Waals surface area contributed by atoms with E-state index >= 15 is 0 Å². The highest BCUT2D eigenvalue weighted by Gasteiger charge is 2.19. The van der Waals surface area contributed by atoms with Gasteiger partial charge >= 0.3 is 0 Å². The molecule has 0 aromatic heterocycles. The number of rotatable bonds is 5. The summed E-state index contributed by atoms with van der Waals surface area (Å²) in [5.74, 6) is 0.512. The minimum absolute atomic E-state index is 0.161. The number of anilines is 2. The monoisotopic (exact) mass is 338 g/mol. The molecule has 2 amide bonds. The lowest BCUT2D eigenvalue weighted by Gasteiger charge is -2.26. The van der Waals surface area contributed by atoms with Crippen molar-refractivity contribution in [3.63, 3.8) is 0 Å². The highest BCUT2D eigenvalue weighted by molar-refractivity contribution is 6.06. The second kappa shape index (κ2) is 7.83. The maximum absolute atomic E-state index is 12.5. The first-order chi connectivity index (χ1) is 12.2. The molecule has 25 heavy (non-hydrogen) atoms. The summed E-state index contributed by atoms with van der Waals surface area (Å²) in [4.78, 5) is 26.3. The average Bonchev–Trinajstić information content (AvgIpc) is 2.64. The maximum Gasteiger partial charge on any atom is 0.259 e. The van der Waals surface area contributed by atoms with Gasteiger partial charge in [0.05, 0.1) is 12.2 Å². The Hall–Kier alpha value is -2.82. The molecule has 0 radical (unpaired) electrons. The Morgan fingerprint density at radius 1 is 1.12 bits per heavy atom. The van der Waals surface area contributed by atoms with E-state index in [4.69, 9.17) is 4.74 Å². The van der Waals surface area contributed by atoms with Gasteiger partial charge in [0.25, 0.3) is 5.91 Å². The number of carbonyl (C=O) groups is 2. The Balaban J connectivity index is 1.71. The number of para-hydroxylation sites is 1. The van der Waals surface area contributed by atoms with Crippen molar-refractivity contribution in [1.82, 2.24) is 0 Å². The fourth-order valence-electron chi connectivity index (χ4n) is 2.94. The lowest BCUT2D eigenvalue weighted by Crippen LogP contribution is -2.35. The van der Waals surface area contributed by atoms with Crippen LogP contribution in [0, 0.1) is 0 Å². The molecule has 0 bridgehead atoms. The Labute approximate surface area is 147 Å². The number of hydrogen-bond donors (Lipinski definition) is 1. The van der Waals surface area contributed by atoms with E-state index in [0.29, 0.717) is 30.0 Å². The van der Waals surface area contributed by atoms with Gasteiger partial charge in [-0.05, 0) is 56.2 Å². The zero-order valence-electron chi connectivity index (χ0n) is 14.3. The van der Waals surface area contributed by atoms with E-state index in [9.17, 15) is 9.59 Å². The van der Waals surface area contributed by atoms with Crippen LogP contribution >= 0.6 is 0 Å². The minimum Gasteiger partial charge on any atom is -0.493 e. The zero-order valence-corrected chi connectivity index (χ0v) is 14.3. The molecule has 2 aromatic rings. The number of piperidine rings is 1. The first-order valence-corrected chi connectivity index (χ1v) is 8.62. The topological polar surface area (TPSA) is 58.6 Å². The summed E-state index contributed by atoms with van der Waals surface area (Å²) in [6.07, 6.45) is 2.59. The lowest BCUT2D eigenvalue weighted by atomic mass is 10.1. The van der Waals surface area contributed by atoms with Crippen molar-refractivity contribution in [1.29, 1.82) is 0 Å². The molecule has 1 aliphatic rings. The van der Waals surface area contributed by atoms with Crippen molar-refractivity contribution in [2.45, 2.75) is 26.2 Å². The highest BCUT2D eigenvalue weighted by atomic mass is 16.5. The van der Waals surface area contributed by atoms with E-state index in [1.807, 2.05) is 43.3 Å². The third-order valence-electron chi connectivity index (χ3n) is 4.19. The fraction of sp³-hybridized carbons (Fsp3) is 0.300. The van der Waals surface area contributed by atoms with Crippen LogP contribution in [0.5, 0.6) is 5.75 Å². The number of ether oxygens (including phenoxy) is 1. The third-order valence-corrected chi connectivity index (χ3v) is 4.19. The number of nitrogens with zero attached hydrogens (tertiary/aromatic N) is 1. The van der Waals surface area contributed by atoms with Gasteiger partial charge in [-0.1, -0.05) is 12.1 Å². The summed E-state index contributed by atoms with van der Waals surface area (Å²) in [5, 5.41) is 2.88. The normalized spacial score (nSPS) is 14.3. The van der Waals surface area contributed by atoms with Gasteiger partial charge in [0, 0.05) is 24.3 Å². The second-order valence-corrected chi connectivity index (χ2v) is 5.93. The number of benzene rings is 2. The molecule has 1 fully saturated rings. The number of nitrogens with one attached hydrogen (secondary N) is 1. The van der Waals surface area contributed by atoms with Gasteiger partial charge in [0.2, 0.25) is 5.91 Å². The van der Waals surface area contributed by atoms with Crippen LogP contribution in [0.2, 0.25) is 0 Å². The molecule has 1 aliphatic heterocycles. The predicted molar refractivity (Wildman–Crippen MR) is 98.2 cm³/mol. The summed E-state index contributed by atoms with van der Waals surface area (Å²) in [6.45, 7) is 3.14. The summed E-state index contributed by atoms with van der Waals surface area (Å²) in [6, 6.07) is 14.5. The van der Waals surface area contributed by atoms with Gasteiger partial charge in [-0.25, -0.2) is 0 Å². The van der Waals surface area contributed by atoms with Crippen LogP contribution in [0.25, 0.3) is 0 Å². The van der Waals surface area contributed by atoms with Gasteiger partial charge < -0.3 is 15.0 Å². The van der Waals surface area contributed by atoms with Gasteiger partial charge in [0.1, 0.15) is 5.75 Å². The van der Waals surface area contributed by atoms with Crippen LogP contribution in [-0.4, -0.2) is 25.0 Å². The standard InChI is InChI=1S/C20H22N2O3/c1-2-25-18-8-4-3-7-17(18)20(24)21-15-10-12-16(13-11-15)22-14-6-5-9-19(22)23/h3-4,7-8,10-13H,2,5-6,9,14H2,1H3,(H,21,24). The first-order valence-electron chi connectivity index (χ1n) is 8.62. The maximum atomic E-state index is 12.5. The minimum atomic E-state index is -0.217. The number of amides is 2. The molecule has 130 valence electrons. The summed E-state index contributed by atoms with van der Waals surface area (Å²) >= 11 is 0. The summed E-state index contributed by atoms with van der Waals surface area (Å²) < 4.78 is 5.50. The number of hydrogen-bond acceptors (Lipinski definition) is 3. The summed E-state index contributed by atoms with van der Waals surface area (Å²) in [5.41, 5.74) is 2.06. The van der Waals surface area contributed by atoms with Gasteiger partial charge in [-0.15, -0.1) is 0 Å². The van der Waals surface area contributed by atoms with Crippen molar-refractivity contribution in [3.05, 3.63) is 54.1 Å². The van der Waals surface area contributed by atoms with E-state index in [-0.39, 0.29) is 11.8 Å². The van der Waals surface area contributed by atoms with Crippen LogP contribution in [0.3, 0.4) is 0 Å². The van der Waals surface area contributed by atoms with Gasteiger partial charge in [-0.2, -0.15) is 0 Å². The van der Waals surface area contributed by atoms with Crippen LogP contribution in [0.1, 0.15) is 36.5 Å². The fourth-order valence-corrected chi connectivity index (χ4v) is 2.94. The van der Waals surface area contributed by atoms with E-state index in [2.05, 4.69) is 5.32 Å². The predicted octanol–water partition coefficient (Wildman–Crippen LogP) is 3.85. The zero-order chi connectivity index (χ0) is 17.6. The quantitative estimate of drug-likeness (QED) is 0.901. The molecule has 0 unspecified atom stereocenters. The third kappa shape index (κ3) is 3.99. The van der Waals surface area contributed by atoms with E-state index < -0.39 is 0 Å². The van der Waals surface area contributed by atoms with Crippen LogP contribution in [0.15, 0.2) is 48.5 Å². The van der Waals surface area contributed by atoms with Gasteiger partial charge in [0.15, 0.2) is 0 Å². The summed E-state index contributed by atoms with van der Waals surface area (Å²) in [7, 11) is 0. The molecular weight excluding hydrogens is 316 g/mol. The molecule has 0 saturated carbocycles. The number of carbonyl (C=O) groups excluding carboxylic acids is 2. The van der Waals surface area contributed by atoms with Crippen molar-refractivity contribution >= 4 is 23.2 Å². The molecule has 5 nitrogen and oxygen atoms in total. The Morgan fingerprint density at radius 2 is 1.88 bits per heavy atom. The van der Waals surface area contributed by atoms with E-state index in [1.165, 1.54) is 0 Å². The molecule has 0 aliphatic carbocycles.